The van der Waals surface area contributed by atoms with E-state index >= 15 is 0 Å². The lowest BCUT2D eigenvalue weighted by molar-refractivity contribution is 0.0955. The number of nitrogens with zero attached hydrogens (tertiary/aromatic N) is 1. The van der Waals surface area contributed by atoms with Crippen molar-refractivity contribution >= 4 is 60.2 Å². The highest BCUT2D eigenvalue weighted by Crippen LogP contribution is 2.34. The number of para-hydroxylation sites is 1. The first kappa shape index (κ1) is 19.2. The van der Waals surface area contributed by atoms with Crippen molar-refractivity contribution in [2.24, 2.45) is 0 Å². The van der Waals surface area contributed by atoms with E-state index in [1.165, 1.54) is 24.5 Å². The Morgan fingerprint density at radius 3 is 2.64 bits per heavy atom. The number of carbonyl (C=O) groups is 1. The van der Waals surface area contributed by atoms with E-state index in [-0.39, 0.29) is 16.7 Å². The van der Waals surface area contributed by atoms with Crippen LogP contribution in [0.1, 0.15) is 14.5 Å². The molecule has 1 amide bonds. The van der Waals surface area contributed by atoms with Crippen LogP contribution in [0.5, 0.6) is 0 Å². The Balaban J connectivity index is 1.45. The number of thiophene rings is 2. The van der Waals surface area contributed by atoms with Gasteiger partial charge in [-0.1, -0.05) is 12.1 Å². The maximum Gasteiger partial charge on any atom is 0.261 e. The summed E-state index contributed by atoms with van der Waals surface area (Å²) in [6.45, 7) is 0.275. The maximum atomic E-state index is 12.5. The number of rotatable bonds is 6. The Kier molecular flexibility index (Phi) is 5.30. The van der Waals surface area contributed by atoms with Crippen LogP contribution in [0.3, 0.4) is 0 Å². The van der Waals surface area contributed by atoms with E-state index in [1.807, 2.05) is 30.3 Å². The largest absolute Gasteiger partial charge is 0.346 e. The van der Waals surface area contributed by atoms with Gasteiger partial charge >= 0.3 is 0 Å². The Labute approximate surface area is 173 Å². The quantitative estimate of drug-likeness (QED) is 0.467. The van der Waals surface area contributed by atoms with Gasteiger partial charge in [0.05, 0.1) is 26.5 Å². The molecule has 2 N–H and O–H groups in total. The standard InChI is InChI=1S/C18H15N3O3S4/c1-19-28(23,24)16-9-6-11(25-16)10-20-17(22)14-7-8-15(26-14)18-21-12-4-2-3-5-13(12)27-18/h2-9,19H,10H2,1H3,(H,20,22). The van der Waals surface area contributed by atoms with E-state index in [0.29, 0.717) is 4.88 Å². The number of nitrogens with one attached hydrogen (secondary N) is 2. The van der Waals surface area contributed by atoms with Gasteiger partial charge in [0, 0.05) is 4.88 Å². The summed E-state index contributed by atoms with van der Waals surface area (Å²) in [5.41, 5.74) is 0.951. The first-order valence-electron chi connectivity index (χ1n) is 8.22. The minimum absolute atomic E-state index is 0.191. The fraction of sp³-hybridized carbons (Fsp3) is 0.111. The normalized spacial score (nSPS) is 11.8. The molecule has 0 aliphatic carbocycles. The summed E-state index contributed by atoms with van der Waals surface area (Å²) in [6.07, 6.45) is 0. The molecule has 0 spiro atoms. The van der Waals surface area contributed by atoms with Crippen LogP contribution in [0.25, 0.3) is 20.1 Å². The first-order valence-corrected chi connectivity index (χ1v) is 12.2. The van der Waals surface area contributed by atoms with E-state index in [0.717, 1.165) is 36.3 Å². The van der Waals surface area contributed by atoms with E-state index in [9.17, 15) is 13.2 Å². The smallest absolute Gasteiger partial charge is 0.261 e. The zero-order chi connectivity index (χ0) is 19.7. The molecule has 0 radical (unpaired) electrons. The number of carbonyl (C=O) groups excluding carboxylic acids is 1. The topological polar surface area (TPSA) is 88.2 Å². The zero-order valence-corrected chi connectivity index (χ0v) is 17.9. The molecule has 3 heterocycles. The van der Waals surface area contributed by atoms with Gasteiger partial charge < -0.3 is 5.32 Å². The summed E-state index contributed by atoms with van der Waals surface area (Å²) in [6, 6.07) is 14.9. The number of benzene rings is 1. The molecular weight excluding hydrogens is 434 g/mol. The van der Waals surface area contributed by atoms with E-state index < -0.39 is 10.0 Å². The Morgan fingerprint density at radius 1 is 1.04 bits per heavy atom. The van der Waals surface area contributed by atoms with Crippen LogP contribution in [-0.2, 0) is 16.6 Å². The molecule has 0 fully saturated rings. The van der Waals surface area contributed by atoms with Crippen LogP contribution in [0.2, 0.25) is 0 Å². The number of sulfonamides is 1. The summed E-state index contributed by atoms with van der Waals surface area (Å²) >= 11 is 4.13. The van der Waals surface area contributed by atoms with Gasteiger partial charge in [0.25, 0.3) is 5.91 Å². The summed E-state index contributed by atoms with van der Waals surface area (Å²) in [4.78, 5) is 19.4. The summed E-state index contributed by atoms with van der Waals surface area (Å²) < 4.78 is 27.2. The average molecular weight is 450 g/mol. The number of thiazole rings is 1. The van der Waals surface area contributed by atoms with E-state index in [1.54, 1.807) is 23.5 Å². The second-order valence-electron chi connectivity index (χ2n) is 5.76. The number of hydrogen-bond acceptors (Lipinski definition) is 7. The molecule has 0 aliphatic rings. The molecule has 0 saturated carbocycles. The van der Waals surface area contributed by atoms with Gasteiger partial charge in [0.15, 0.2) is 0 Å². The van der Waals surface area contributed by atoms with Crippen molar-refractivity contribution in [1.29, 1.82) is 0 Å². The highest BCUT2D eigenvalue weighted by molar-refractivity contribution is 7.91. The molecule has 0 bridgehead atoms. The maximum absolute atomic E-state index is 12.5. The summed E-state index contributed by atoms with van der Waals surface area (Å²) in [5, 5.41) is 3.73. The van der Waals surface area contributed by atoms with Crippen molar-refractivity contribution in [3.63, 3.8) is 0 Å². The molecule has 3 aromatic heterocycles. The van der Waals surface area contributed by atoms with Crippen molar-refractivity contribution < 1.29 is 13.2 Å². The van der Waals surface area contributed by atoms with Crippen LogP contribution in [-0.4, -0.2) is 26.4 Å². The number of amides is 1. The zero-order valence-electron chi connectivity index (χ0n) is 14.6. The molecule has 10 heteroatoms. The molecule has 0 atom stereocenters. The van der Waals surface area contributed by atoms with Crippen LogP contribution in [0, 0.1) is 0 Å². The molecule has 4 aromatic rings. The van der Waals surface area contributed by atoms with Crippen molar-refractivity contribution in [3.8, 4) is 9.88 Å². The number of hydrogen-bond donors (Lipinski definition) is 2. The van der Waals surface area contributed by atoms with Crippen molar-refractivity contribution in [2.45, 2.75) is 10.8 Å². The molecule has 0 saturated heterocycles. The van der Waals surface area contributed by atoms with Crippen molar-refractivity contribution in [2.75, 3.05) is 7.05 Å². The van der Waals surface area contributed by atoms with Crippen LogP contribution in [0.15, 0.2) is 52.7 Å². The number of aromatic nitrogens is 1. The van der Waals surface area contributed by atoms with Crippen LogP contribution >= 0.6 is 34.0 Å². The van der Waals surface area contributed by atoms with Gasteiger partial charge in [-0.15, -0.1) is 34.0 Å². The average Bonchev–Trinajstić information content (AvgIpc) is 3.44. The van der Waals surface area contributed by atoms with Crippen molar-refractivity contribution in [3.05, 3.63) is 58.3 Å². The third-order valence-corrected chi connectivity index (χ3v) is 9.21. The van der Waals surface area contributed by atoms with Gasteiger partial charge in [-0.2, -0.15) is 0 Å². The van der Waals surface area contributed by atoms with E-state index in [4.69, 9.17) is 0 Å². The summed E-state index contributed by atoms with van der Waals surface area (Å²) in [5.74, 6) is -0.191. The highest BCUT2D eigenvalue weighted by Gasteiger charge is 2.16. The molecule has 4 rings (SSSR count). The van der Waals surface area contributed by atoms with Crippen LogP contribution < -0.4 is 10.0 Å². The Bertz CT molecular complexity index is 1220. The van der Waals surface area contributed by atoms with Gasteiger partial charge in [-0.25, -0.2) is 18.1 Å². The monoisotopic (exact) mass is 449 g/mol. The Hall–Kier alpha value is -2.11. The predicted octanol–water partition coefficient (Wildman–Crippen LogP) is 3.92. The minimum atomic E-state index is -3.45. The first-order chi connectivity index (χ1) is 13.5. The molecule has 28 heavy (non-hydrogen) atoms. The second kappa shape index (κ2) is 7.72. The van der Waals surface area contributed by atoms with Gasteiger partial charge in [0.1, 0.15) is 9.22 Å². The lowest BCUT2D eigenvalue weighted by atomic mass is 10.3. The SMILES string of the molecule is CNS(=O)(=O)c1ccc(CNC(=O)c2ccc(-c3nc4ccccc4s3)s2)s1. The molecule has 1 aromatic carbocycles. The fourth-order valence-electron chi connectivity index (χ4n) is 2.51. The van der Waals surface area contributed by atoms with E-state index in [2.05, 4.69) is 15.0 Å². The third kappa shape index (κ3) is 3.87. The second-order valence-corrected chi connectivity index (χ2v) is 11.2. The number of fused-ring (bicyclic) bond motifs is 1. The molecule has 0 unspecified atom stereocenters. The Morgan fingerprint density at radius 2 is 1.86 bits per heavy atom. The predicted molar refractivity (Wildman–Crippen MR) is 115 cm³/mol. The van der Waals surface area contributed by atoms with Gasteiger partial charge in [-0.05, 0) is 43.4 Å². The molecule has 144 valence electrons. The molecular formula is C18H15N3O3S4. The highest BCUT2D eigenvalue weighted by atomic mass is 32.2. The fourth-order valence-corrected chi connectivity index (χ4v) is 6.58. The molecule has 0 aliphatic heterocycles. The lowest BCUT2D eigenvalue weighted by Crippen LogP contribution is -2.21. The lowest BCUT2D eigenvalue weighted by Gasteiger charge is -2.01. The minimum Gasteiger partial charge on any atom is -0.346 e. The van der Waals surface area contributed by atoms with Crippen LogP contribution in [0.4, 0.5) is 0 Å². The van der Waals surface area contributed by atoms with Gasteiger partial charge in [0.2, 0.25) is 10.0 Å². The van der Waals surface area contributed by atoms with Gasteiger partial charge in [-0.3, -0.25) is 4.79 Å². The molecule has 6 nitrogen and oxygen atoms in total. The van der Waals surface area contributed by atoms with Crippen molar-refractivity contribution in [1.82, 2.24) is 15.0 Å². The summed E-state index contributed by atoms with van der Waals surface area (Å²) in [7, 11) is -2.08. The third-order valence-electron chi connectivity index (χ3n) is 3.93.